The Morgan fingerprint density at radius 3 is 2.44 bits per heavy atom. The quantitative estimate of drug-likeness (QED) is 0.394. The number of rotatable bonds is 4. The van der Waals surface area contributed by atoms with Crippen LogP contribution in [0.4, 0.5) is 24.5 Å². The van der Waals surface area contributed by atoms with Crippen molar-refractivity contribution in [2.75, 3.05) is 23.3 Å². The number of alkyl halides is 3. The minimum atomic E-state index is -4.43. The molecule has 1 aliphatic heterocycles. The Morgan fingerprint density at radius 2 is 1.71 bits per heavy atom. The Morgan fingerprint density at radius 1 is 0.941 bits per heavy atom. The topological polar surface area (TPSA) is 73.9 Å². The van der Waals surface area contributed by atoms with Gasteiger partial charge in [-0.1, -0.05) is 6.07 Å². The SMILES string of the molecule is O=C(Nc1ccc(C(F)(F)F)cc1)c1n[nH]c2ccc(-c3cncc(N4CCCCC4)c3)cc12. The van der Waals surface area contributed by atoms with Crippen LogP contribution in [0.5, 0.6) is 0 Å². The molecule has 0 atom stereocenters. The predicted molar refractivity (Wildman–Crippen MR) is 125 cm³/mol. The highest BCUT2D eigenvalue weighted by Crippen LogP contribution is 2.31. The van der Waals surface area contributed by atoms with Crippen LogP contribution in [0.1, 0.15) is 35.3 Å². The summed E-state index contributed by atoms with van der Waals surface area (Å²) in [4.78, 5) is 19.6. The molecule has 0 saturated carbocycles. The Bertz CT molecular complexity index is 1320. The van der Waals surface area contributed by atoms with E-state index in [9.17, 15) is 18.0 Å². The van der Waals surface area contributed by atoms with Gasteiger partial charge in [0.2, 0.25) is 0 Å². The fourth-order valence-electron chi connectivity index (χ4n) is 4.21. The second-order valence-electron chi connectivity index (χ2n) is 8.34. The van der Waals surface area contributed by atoms with Crippen LogP contribution in [0.2, 0.25) is 0 Å². The van der Waals surface area contributed by atoms with Crippen molar-refractivity contribution in [1.82, 2.24) is 15.2 Å². The largest absolute Gasteiger partial charge is 0.416 e. The molecule has 1 amide bonds. The maximum Gasteiger partial charge on any atom is 0.416 e. The molecule has 2 aromatic carbocycles. The standard InChI is InChI=1S/C25H22F3N5O/c26-25(27,28)18-5-7-19(8-6-18)30-24(34)23-21-13-16(4-9-22(21)31-32-23)17-12-20(15-29-14-17)33-10-2-1-3-11-33/h4-9,12-15H,1-3,10-11H2,(H,30,34)(H,31,32). The van der Waals surface area contributed by atoms with Crippen LogP contribution < -0.4 is 10.2 Å². The van der Waals surface area contributed by atoms with Gasteiger partial charge in [-0.2, -0.15) is 18.3 Å². The van der Waals surface area contributed by atoms with E-state index in [2.05, 4.69) is 31.5 Å². The van der Waals surface area contributed by atoms with Crippen LogP contribution in [0.15, 0.2) is 60.9 Å². The molecule has 0 unspecified atom stereocenters. The van der Waals surface area contributed by atoms with Gasteiger partial charge in [-0.3, -0.25) is 14.9 Å². The minimum absolute atomic E-state index is 0.164. The molecular formula is C25H22F3N5O. The number of hydrogen-bond acceptors (Lipinski definition) is 4. The summed E-state index contributed by atoms with van der Waals surface area (Å²) in [5.41, 5.74) is 3.22. The van der Waals surface area contributed by atoms with Gasteiger partial charge in [0.05, 0.1) is 23.0 Å². The highest BCUT2D eigenvalue weighted by Gasteiger charge is 2.30. The predicted octanol–water partition coefficient (Wildman–Crippen LogP) is 5.89. The summed E-state index contributed by atoms with van der Waals surface area (Å²) in [6, 6.07) is 12.1. The maximum atomic E-state index is 12.8. The number of nitrogens with zero attached hydrogens (tertiary/aromatic N) is 3. The van der Waals surface area contributed by atoms with E-state index < -0.39 is 17.6 Å². The van der Waals surface area contributed by atoms with Gasteiger partial charge in [0, 0.05) is 35.9 Å². The smallest absolute Gasteiger partial charge is 0.370 e. The third-order valence-electron chi connectivity index (χ3n) is 6.03. The summed E-state index contributed by atoms with van der Waals surface area (Å²) in [5.74, 6) is -0.511. The molecule has 174 valence electrons. The molecule has 1 saturated heterocycles. The third-order valence-corrected chi connectivity index (χ3v) is 6.03. The number of hydrogen-bond donors (Lipinski definition) is 2. The molecule has 0 aliphatic carbocycles. The molecule has 0 bridgehead atoms. The number of anilines is 2. The Kier molecular flexibility index (Phi) is 5.69. The molecule has 4 aromatic rings. The number of piperidine rings is 1. The third kappa shape index (κ3) is 4.46. The molecule has 1 fully saturated rings. The fourth-order valence-corrected chi connectivity index (χ4v) is 4.21. The monoisotopic (exact) mass is 465 g/mol. The number of fused-ring (bicyclic) bond motifs is 1. The summed E-state index contributed by atoms with van der Waals surface area (Å²) in [6.07, 6.45) is 2.81. The molecule has 0 spiro atoms. The summed E-state index contributed by atoms with van der Waals surface area (Å²) in [7, 11) is 0. The lowest BCUT2D eigenvalue weighted by molar-refractivity contribution is -0.137. The van der Waals surface area contributed by atoms with Crippen molar-refractivity contribution in [2.24, 2.45) is 0 Å². The number of H-pyrrole nitrogens is 1. The second kappa shape index (κ2) is 8.81. The van der Waals surface area contributed by atoms with Gasteiger partial charge in [-0.25, -0.2) is 0 Å². The van der Waals surface area contributed by atoms with Gasteiger partial charge in [0.15, 0.2) is 5.69 Å². The summed E-state index contributed by atoms with van der Waals surface area (Å²) in [5, 5.41) is 10.2. The van der Waals surface area contributed by atoms with Crippen molar-refractivity contribution in [2.45, 2.75) is 25.4 Å². The van der Waals surface area contributed by atoms with Gasteiger partial charge in [-0.05, 0) is 67.3 Å². The Hall–Kier alpha value is -3.88. The first-order valence-electron chi connectivity index (χ1n) is 11.1. The Labute approximate surface area is 193 Å². The van der Waals surface area contributed by atoms with Crippen molar-refractivity contribution >= 4 is 28.2 Å². The first-order valence-corrected chi connectivity index (χ1v) is 11.1. The zero-order valence-corrected chi connectivity index (χ0v) is 18.2. The van der Waals surface area contributed by atoms with Gasteiger partial charge in [0.25, 0.3) is 5.91 Å². The van der Waals surface area contributed by atoms with E-state index in [0.717, 1.165) is 42.0 Å². The van der Waals surface area contributed by atoms with Crippen LogP contribution in [0.3, 0.4) is 0 Å². The van der Waals surface area contributed by atoms with E-state index >= 15 is 0 Å². The summed E-state index contributed by atoms with van der Waals surface area (Å²) < 4.78 is 38.3. The molecule has 1 aliphatic rings. The number of halogens is 3. The van der Waals surface area contributed by atoms with Gasteiger partial charge >= 0.3 is 6.18 Å². The molecule has 2 N–H and O–H groups in total. The van der Waals surface area contributed by atoms with Crippen LogP contribution in [-0.2, 0) is 6.18 Å². The lowest BCUT2D eigenvalue weighted by Gasteiger charge is -2.28. The highest BCUT2D eigenvalue weighted by molar-refractivity contribution is 6.11. The van der Waals surface area contributed by atoms with Gasteiger partial charge in [-0.15, -0.1) is 0 Å². The summed E-state index contributed by atoms with van der Waals surface area (Å²) in [6.45, 7) is 2.03. The van der Waals surface area contributed by atoms with Crippen LogP contribution in [0.25, 0.3) is 22.0 Å². The molecule has 0 radical (unpaired) electrons. The molecule has 6 nitrogen and oxygen atoms in total. The number of pyridine rings is 1. The van der Waals surface area contributed by atoms with E-state index in [1.807, 2.05) is 24.4 Å². The maximum absolute atomic E-state index is 12.8. The first-order chi connectivity index (χ1) is 16.4. The molecule has 34 heavy (non-hydrogen) atoms. The number of nitrogens with one attached hydrogen (secondary N) is 2. The van der Waals surface area contributed by atoms with E-state index in [1.165, 1.54) is 31.4 Å². The van der Waals surface area contributed by atoms with Crippen molar-refractivity contribution in [1.29, 1.82) is 0 Å². The van der Waals surface area contributed by atoms with E-state index in [1.54, 1.807) is 6.20 Å². The van der Waals surface area contributed by atoms with Crippen molar-refractivity contribution in [3.05, 3.63) is 72.2 Å². The number of carbonyl (C=O) groups is 1. The normalized spacial score (nSPS) is 14.4. The van der Waals surface area contributed by atoms with Gasteiger partial charge in [0.1, 0.15) is 0 Å². The number of benzene rings is 2. The van der Waals surface area contributed by atoms with Crippen molar-refractivity contribution in [3.8, 4) is 11.1 Å². The number of carbonyl (C=O) groups excluding carboxylic acids is 1. The molecular weight excluding hydrogens is 443 g/mol. The Balaban J connectivity index is 1.40. The second-order valence-corrected chi connectivity index (χ2v) is 8.34. The molecule has 9 heteroatoms. The summed E-state index contributed by atoms with van der Waals surface area (Å²) >= 11 is 0. The highest BCUT2D eigenvalue weighted by atomic mass is 19.4. The number of aromatic nitrogens is 3. The minimum Gasteiger partial charge on any atom is -0.370 e. The molecule has 5 rings (SSSR count). The average molecular weight is 465 g/mol. The molecule has 3 heterocycles. The lowest BCUT2D eigenvalue weighted by Crippen LogP contribution is -2.29. The van der Waals surface area contributed by atoms with E-state index in [4.69, 9.17) is 0 Å². The van der Waals surface area contributed by atoms with Crippen LogP contribution in [0, 0.1) is 0 Å². The lowest BCUT2D eigenvalue weighted by atomic mass is 10.0. The zero-order valence-electron chi connectivity index (χ0n) is 18.2. The van der Waals surface area contributed by atoms with Crippen molar-refractivity contribution < 1.29 is 18.0 Å². The molecule has 2 aromatic heterocycles. The van der Waals surface area contributed by atoms with E-state index in [-0.39, 0.29) is 11.4 Å². The van der Waals surface area contributed by atoms with Crippen LogP contribution in [-0.4, -0.2) is 34.2 Å². The number of amides is 1. The first kappa shape index (κ1) is 21.9. The van der Waals surface area contributed by atoms with Gasteiger partial charge < -0.3 is 10.2 Å². The zero-order chi connectivity index (χ0) is 23.7. The number of aromatic amines is 1. The van der Waals surface area contributed by atoms with E-state index in [0.29, 0.717) is 10.9 Å². The average Bonchev–Trinajstić information content (AvgIpc) is 3.28. The van der Waals surface area contributed by atoms with Crippen molar-refractivity contribution in [3.63, 3.8) is 0 Å². The fraction of sp³-hybridized carbons (Fsp3) is 0.240. The van der Waals surface area contributed by atoms with Crippen LogP contribution >= 0.6 is 0 Å².